The van der Waals surface area contributed by atoms with E-state index in [9.17, 15) is 9.67 Å². The summed E-state index contributed by atoms with van der Waals surface area (Å²) in [5.41, 5.74) is 1.53. The highest BCUT2D eigenvalue weighted by Crippen LogP contribution is 2.41. The Hall–Kier alpha value is -0.630. The van der Waals surface area contributed by atoms with Gasteiger partial charge in [-0.2, -0.15) is 0 Å². The summed E-state index contributed by atoms with van der Waals surface area (Å²) in [6, 6.07) is 6.92. The number of rotatable bonds is 2. The maximum Gasteiger partial charge on any atom is 0.223 e. The smallest absolute Gasteiger partial charge is 0.223 e. The van der Waals surface area contributed by atoms with E-state index in [1.165, 1.54) is 6.92 Å². The van der Waals surface area contributed by atoms with E-state index in [0.29, 0.717) is 5.56 Å². The molecular formula is C9H13O3P. The van der Waals surface area contributed by atoms with Crippen LogP contribution in [0.4, 0.5) is 0 Å². The molecule has 13 heavy (non-hydrogen) atoms. The van der Waals surface area contributed by atoms with Gasteiger partial charge in [0.05, 0.1) is 0 Å². The lowest BCUT2D eigenvalue weighted by Gasteiger charge is -2.19. The molecule has 4 heteroatoms. The van der Waals surface area contributed by atoms with Crippen molar-refractivity contribution in [3.05, 3.63) is 35.4 Å². The number of aliphatic hydroxyl groups is 1. The number of benzene rings is 1. The van der Waals surface area contributed by atoms with Crippen molar-refractivity contribution in [2.45, 2.75) is 19.2 Å². The minimum atomic E-state index is -2.97. The number of aryl methyl sites for hydroxylation is 1. The van der Waals surface area contributed by atoms with E-state index >= 15 is 0 Å². The molecule has 0 heterocycles. The molecule has 1 aromatic carbocycles. The van der Waals surface area contributed by atoms with Crippen molar-refractivity contribution in [2.75, 3.05) is 0 Å². The van der Waals surface area contributed by atoms with Gasteiger partial charge in [-0.25, -0.2) is 0 Å². The lowest BCUT2D eigenvalue weighted by atomic mass is 10.1. The van der Waals surface area contributed by atoms with Gasteiger partial charge < -0.3 is 10.00 Å². The molecule has 0 aromatic heterocycles. The fraction of sp³-hybridized carbons (Fsp3) is 0.333. The van der Waals surface area contributed by atoms with Crippen molar-refractivity contribution in [1.82, 2.24) is 0 Å². The van der Waals surface area contributed by atoms with Crippen LogP contribution in [0.25, 0.3) is 0 Å². The Labute approximate surface area is 77.9 Å². The molecule has 0 saturated carbocycles. The highest BCUT2D eigenvalue weighted by molar-refractivity contribution is 7.39. The summed E-state index contributed by atoms with van der Waals surface area (Å²) >= 11 is 0. The molecule has 2 atom stereocenters. The molecule has 0 aliphatic rings. The van der Waals surface area contributed by atoms with E-state index < -0.39 is 13.4 Å². The van der Waals surface area contributed by atoms with Gasteiger partial charge in [-0.15, -0.1) is 0 Å². The molecule has 0 amide bonds. The second-order valence-electron chi connectivity index (χ2n) is 3.24. The highest BCUT2D eigenvalue weighted by Gasteiger charge is 2.28. The van der Waals surface area contributed by atoms with E-state index in [0.717, 1.165) is 5.56 Å². The van der Waals surface area contributed by atoms with Gasteiger partial charge in [-0.3, -0.25) is 4.57 Å². The van der Waals surface area contributed by atoms with Gasteiger partial charge in [0.25, 0.3) is 0 Å². The molecule has 1 rings (SSSR count). The Morgan fingerprint density at radius 1 is 1.31 bits per heavy atom. The lowest BCUT2D eigenvalue weighted by molar-refractivity contribution is 0.135. The predicted molar refractivity (Wildman–Crippen MR) is 52.0 cm³/mol. The fourth-order valence-corrected chi connectivity index (χ4v) is 1.42. The van der Waals surface area contributed by atoms with Gasteiger partial charge >= 0.3 is 0 Å². The first-order valence-corrected chi connectivity index (χ1v) is 5.33. The minimum Gasteiger partial charge on any atom is -0.376 e. The van der Waals surface area contributed by atoms with E-state index in [-0.39, 0.29) is 0 Å². The lowest BCUT2D eigenvalue weighted by Crippen LogP contribution is -2.15. The third-order valence-corrected chi connectivity index (χ3v) is 3.15. The summed E-state index contributed by atoms with van der Waals surface area (Å²) in [4.78, 5) is 8.90. The standard InChI is InChI=1S/C9H13O3P/c1-7-3-5-8(6-4-7)9(2,10)13(11)12/h3-6,10,13H,1-2H3,(H,11,12). The average Bonchev–Trinajstić information content (AvgIpc) is 2.04. The van der Waals surface area contributed by atoms with Gasteiger partial charge in [-0.1, -0.05) is 29.8 Å². The Balaban J connectivity index is 3.08. The van der Waals surface area contributed by atoms with Gasteiger partial charge in [0.1, 0.15) is 0 Å². The van der Waals surface area contributed by atoms with Crippen LogP contribution >= 0.6 is 8.03 Å². The average molecular weight is 200 g/mol. The molecule has 0 aliphatic carbocycles. The van der Waals surface area contributed by atoms with E-state index in [4.69, 9.17) is 4.89 Å². The maximum atomic E-state index is 10.8. The predicted octanol–water partition coefficient (Wildman–Crippen LogP) is 1.63. The van der Waals surface area contributed by atoms with Crippen molar-refractivity contribution < 1.29 is 14.6 Å². The van der Waals surface area contributed by atoms with Crippen molar-refractivity contribution >= 4 is 8.03 Å². The van der Waals surface area contributed by atoms with Crippen molar-refractivity contribution in [3.63, 3.8) is 0 Å². The molecule has 0 fully saturated rings. The number of hydrogen-bond acceptors (Lipinski definition) is 2. The third-order valence-electron chi connectivity index (χ3n) is 2.03. The van der Waals surface area contributed by atoms with Crippen LogP contribution in [0.1, 0.15) is 18.1 Å². The Morgan fingerprint density at radius 3 is 2.15 bits per heavy atom. The molecule has 0 radical (unpaired) electrons. The quantitative estimate of drug-likeness (QED) is 0.713. The molecule has 2 N–H and O–H groups in total. The summed E-state index contributed by atoms with van der Waals surface area (Å²) in [5.74, 6) is 0. The highest BCUT2D eigenvalue weighted by atomic mass is 31.1. The van der Waals surface area contributed by atoms with E-state index in [2.05, 4.69) is 0 Å². The molecular weight excluding hydrogens is 187 g/mol. The van der Waals surface area contributed by atoms with Crippen molar-refractivity contribution in [2.24, 2.45) is 0 Å². The summed E-state index contributed by atoms with van der Waals surface area (Å²) in [7, 11) is -2.97. The van der Waals surface area contributed by atoms with Crippen LogP contribution in [-0.4, -0.2) is 10.00 Å². The zero-order valence-corrected chi connectivity index (χ0v) is 8.61. The van der Waals surface area contributed by atoms with Gasteiger partial charge in [-0.05, 0) is 19.4 Å². The Morgan fingerprint density at radius 2 is 1.77 bits per heavy atom. The topological polar surface area (TPSA) is 57.5 Å². The SMILES string of the molecule is Cc1ccc(C(C)(O)[PH](=O)O)cc1. The molecule has 3 nitrogen and oxygen atoms in total. The first-order chi connectivity index (χ1) is 5.94. The molecule has 1 aromatic rings. The third kappa shape index (κ3) is 2.19. The first-order valence-electron chi connectivity index (χ1n) is 3.97. The molecule has 0 spiro atoms. The molecule has 0 aliphatic heterocycles. The normalized spacial score (nSPS) is 17.8. The molecule has 0 bridgehead atoms. The maximum absolute atomic E-state index is 10.8. The van der Waals surface area contributed by atoms with Gasteiger partial charge in [0.2, 0.25) is 8.03 Å². The fourth-order valence-electron chi connectivity index (χ4n) is 1.00. The first kappa shape index (κ1) is 10.5. The monoisotopic (exact) mass is 200 g/mol. The Kier molecular flexibility index (Phi) is 2.91. The number of hydrogen-bond donors (Lipinski definition) is 2. The minimum absolute atomic E-state index is 0.476. The summed E-state index contributed by atoms with van der Waals surface area (Å²) in [5, 5.41) is 8.02. The Bertz CT molecular complexity index is 316. The van der Waals surface area contributed by atoms with Crippen molar-refractivity contribution in [1.29, 1.82) is 0 Å². The molecule has 2 unspecified atom stereocenters. The van der Waals surface area contributed by atoms with Crippen LogP contribution in [-0.2, 0) is 9.91 Å². The summed E-state index contributed by atoms with van der Waals surface area (Å²) in [6.07, 6.45) is 0. The molecule has 0 saturated heterocycles. The summed E-state index contributed by atoms with van der Waals surface area (Å²) in [6.45, 7) is 3.26. The van der Waals surface area contributed by atoms with E-state index in [1.807, 2.05) is 6.92 Å². The van der Waals surface area contributed by atoms with E-state index in [1.54, 1.807) is 24.3 Å². The second-order valence-corrected chi connectivity index (χ2v) is 4.83. The second kappa shape index (κ2) is 3.62. The van der Waals surface area contributed by atoms with Crippen LogP contribution in [0.3, 0.4) is 0 Å². The summed E-state index contributed by atoms with van der Waals surface area (Å²) < 4.78 is 10.8. The largest absolute Gasteiger partial charge is 0.376 e. The van der Waals surface area contributed by atoms with Crippen LogP contribution in [0.15, 0.2) is 24.3 Å². The van der Waals surface area contributed by atoms with Crippen molar-refractivity contribution in [3.8, 4) is 0 Å². The van der Waals surface area contributed by atoms with Crippen LogP contribution in [0.5, 0.6) is 0 Å². The molecule has 72 valence electrons. The van der Waals surface area contributed by atoms with Gasteiger partial charge in [0.15, 0.2) is 5.34 Å². The zero-order chi connectivity index (χ0) is 10.1. The zero-order valence-electron chi connectivity index (χ0n) is 7.61. The van der Waals surface area contributed by atoms with Gasteiger partial charge in [0, 0.05) is 0 Å². The van der Waals surface area contributed by atoms with Crippen LogP contribution in [0.2, 0.25) is 0 Å². The van der Waals surface area contributed by atoms with Crippen LogP contribution < -0.4 is 0 Å². The van der Waals surface area contributed by atoms with Crippen LogP contribution in [0, 0.1) is 6.92 Å².